The van der Waals surface area contributed by atoms with Gasteiger partial charge in [0.15, 0.2) is 0 Å². The lowest BCUT2D eigenvalue weighted by molar-refractivity contribution is -0.137. The van der Waals surface area contributed by atoms with E-state index in [1.165, 1.54) is 44.9 Å². The molecule has 1 amide bonds. The predicted octanol–water partition coefficient (Wildman–Crippen LogP) is 1.79. The van der Waals surface area contributed by atoms with E-state index in [0.29, 0.717) is 25.2 Å². The quantitative estimate of drug-likeness (QED) is 0.835. The summed E-state index contributed by atoms with van der Waals surface area (Å²) < 4.78 is 5.51. The average molecular weight is 280 g/mol. The fraction of sp³-hybridized carbons (Fsp3) is 0.938. The lowest BCUT2D eigenvalue weighted by Crippen LogP contribution is -2.47. The van der Waals surface area contributed by atoms with Crippen LogP contribution < -0.4 is 5.32 Å². The van der Waals surface area contributed by atoms with Crippen molar-refractivity contribution in [3.8, 4) is 0 Å². The third-order valence-corrected chi connectivity index (χ3v) is 5.22. The Hall–Kier alpha value is -0.610. The maximum absolute atomic E-state index is 12.9. The smallest absolute Gasteiger partial charge is 0.229 e. The van der Waals surface area contributed by atoms with Crippen molar-refractivity contribution in [3.63, 3.8) is 0 Å². The number of hydrogen-bond acceptors (Lipinski definition) is 3. The molecular formula is C16H28N2O2. The van der Waals surface area contributed by atoms with Crippen LogP contribution in [0.1, 0.15) is 44.9 Å². The minimum absolute atomic E-state index is 0.0317. The van der Waals surface area contributed by atoms with Gasteiger partial charge in [-0.25, -0.2) is 0 Å². The molecule has 1 aliphatic heterocycles. The second kappa shape index (κ2) is 6.44. The van der Waals surface area contributed by atoms with Gasteiger partial charge in [-0.15, -0.1) is 0 Å². The molecule has 2 atom stereocenters. The summed E-state index contributed by atoms with van der Waals surface area (Å²) in [5, 5.41) is 3.24. The topological polar surface area (TPSA) is 41.6 Å². The van der Waals surface area contributed by atoms with Gasteiger partial charge in [0.05, 0.1) is 19.1 Å². The molecule has 20 heavy (non-hydrogen) atoms. The van der Waals surface area contributed by atoms with Crippen LogP contribution in [0.5, 0.6) is 0 Å². The van der Waals surface area contributed by atoms with Crippen molar-refractivity contribution in [2.75, 3.05) is 26.8 Å². The summed E-state index contributed by atoms with van der Waals surface area (Å²) in [6.45, 7) is 2.27. The number of carbonyl (C=O) groups excluding carboxylic acids is 1. The van der Waals surface area contributed by atoms with Crippen LogP contribution in [0.15, 0.2) is 0 Å². The van der Waals surface area contributed by atoms with E-state index in [9.17, 15) is 4.79 Å². The highest BCUT2D eigenvalue weighted by Gasteiger charge is 2.41. The molecule has 3 fully saturated rings. The van der Waals surface area contributed by atoms with E-state index in [1.807, 2.05) is 7.05 Å². The van der Waals surface area contributed by atoms with Gasteiger partial charge in [-0.3, -0.25) is 4.79 Å². The van der Waals surface area contributed by atoms with Crippen LogP contribution in [0, 0.1) is 11.8 Å². The molecule has 0 radical (unpaired) electrons. The molecule has 0 aromatic heterocycles. The van der Waals surface area contributed by atoms with Crippen molar-refractivity contribution < 1.29 is 9.53 Å². The molecule has 1 heterocycles. The molecule has 3 aliphatic rings. The number of ether oxygens (including phenoxy) is 1. The molecule has 2 aliphatic carbocycles. The lowest BCUT2D eigenvalue weighted by atomic mass is 9.88. The summed E-state index contributed by atoms with van der Waals surface area (Å²) >= 11 is 0. The Balaban J connectivity index is 1.62. The molecule has 0 aromatic carbocycles. The highest BCUT2D eigenvalue weighted by atomic mass is 16.5. The predicted molar refractivity (Wildman–Crippen MR) is 78.5 cm³/mol. The average Bonchev–Trinajstić information content (AvgIpc) is 3.21. The number of nitrogens with one attached hydrogen (secondary N) is 1. The molecule has 2 saturated carbocycles. The third kappa shape index (κ3) is 3.17. The monoisotopic (exact) mass is 280 g/mol. The minimum Gasteiger partial charge on any atom is -0.379 e. The number of likely N-dealkylation sites (N-methyl/N-ethyl adjacent to an activating group) is 1. The molecular weight excluding hydrogens is 252 g/mol. The summed E-state index contributed by atoms with van der Waals surface area (Å²) in [5.41, 5.74) is 0. The summed E-state index contributed by atoms with van der Waals surface area (Å²) in [7, 11) is 1.93. The van der Waals surface area contributed by atoms with E-state index < -0.39 is 0 Å². The fourth-order valence-electron chi connectivity index (χ4n) is 3.75. The molecule has 4 nitrogen and oxygen atoms in total. The summed E-state index contributed by atoms with van der Waals surface area (Å²) in [5.74, 6) is 1.11. The standard InChI is InChI=1S/C16H28N2O2/c1-17-15-11-20-10-14(15)16(19)18(13-7-8-13)9-12-5-3-2-4-6-12/h12-15,17H,2-11H2,1H3. The molecule has 0 spiro atoms. The first-order chi connectivity index (χ1) is 9.79. The lowest BCUT2D eigenvalue weighted by Gasteiger charge is -2.32. The van der Waals surface area contributed by atoms with Crippen molar-refractivity contribution in [1.29, 1.82) is 0 Å². The Labute approximate surface area is 122 Å². The van der Waals surface area contributed by atoms with Gasteiger partial charge in [0.1, 0.15) is 0 Å². The third-order valence-electron chi connectivity index (χ3n) is 5.22. The van der Waals surface area contributed by atoms with Crippen LogP contribution >= 0.6 is 0 Å². The van der Waals surface area contributed by atoms with Crippen LogP contribution in [0.4, 0.5) is 0 Å². The maximum Gasteiger partial charge on any atom is 0.229 e. The first-order valence-corrected chi connectivity index (χ1v) is 8.35. The van der Waals surface area contributed by atoms with Gasteiger partial charge in [0.25, 0.3) is 0 Å². The fourth-order valence-corrected chi connectivity index (χ4v) is 3.75. The van der Waals surface area contributed by atoms with E-state index in [4.69, 9.17) is 4.74 Å². The Morgan fingerprint density at radius 1 is 1.15 bits per heavy atom. The molecule has 114 valence electrons. The minimum atomic E-state index is 0.0317. The molecule has 3 rings (SSSR count). The zero-order valence-corrected chi connectivity index (χ0v) is 12.6. The van der Waals surface area contributed by atoms with E-state index in [2.05, 4.69) is 10.2 Å². The molecule has 0 aromatic rings. The van der Waals surface area contributed by atoms with Gasteiger partial charge >= 0.3 is 0 Å². The Bertz CT molecular complexity index is 337. The largest absolute Gasteiger partial charge is 0.379 e. The van der Waals surface area contributed by atoms with Crippen LogP contribution in [-0.4, -0.2) is 49.7 Å². The zero-order valence-electron chi connectivity index (χ0n) is 12.6. The van der Waals surface area contributed by atoms with E-state index in [-0.39, 0.29) is 12.0 Å². The van der Waals surface area contributed by atoms with Crippen molar-refractivity contribution in [3.05, 3.63) is 0 Å². The van der Waals surface area contributed by atoms with Gasteiger partial charge in [-0.05, 0) is 38.6 Å². The van der Waals surface area contributed by atoms with Crippen LogP contribution in [0.3, 0.4) is 0 Å². The number of carbonyl (C=O) groups is 1. The molecule has 1 N–H and O–H groups in total. The second-order valence-electron chi connectivity index (χ2n) is 6.76. The molecule has 4 heteroatoms. The Morgan fingerprint density at radius 2 is 1.90 bits per heavy atom. The van der Waals surface area contributed by atoms with Crippen LogP contribution in [0.2, 0.25) is 0 Å². The molecule has 1 saturated heterocycles. The Kier molecular flexibility index (Phi) is 4.61. The van der Waals surface area contributed by atoms with E-state index in [1.54, 1.807) is 0 Å². The first kappa shape index (κ1) is 14.3. The van der Waals surface area contributed by atoms with Crippen molar-refractivity contribution in [1.82, 2.24) is 10.2 Å². The highest BCUT2D eigenvalue weighted by molar-refractivity contribution is 5.80. The normalized spacial score (nSPS) is 31.4. The van der Waals surface area contributed by atoms with Gasteiger partial charge in [0.2, 0.25) is 5.91 Å². The van der Waals surface area contributed by atoms with E-state index in [0.717, 1.165) is 12.5 Å². The van der Waals surface area contributed by atoms with Crippen molar-refractivity contribution >= 4 is 5.91 Å². The van der Waals surface area contributed by atoms with Crippen LogP contribution in [-0.2, 0) is 9.53 Å². The van der Waals surface area contributed by atoms with Gasteiger partial charge < -0.3 is 15.0 Å². The number of rotatable bonds is 5. The number of hydrogen-bond donors (Lipinski definition) is 1. The number of amides is 1. The molecule has 2 unspecified atom stereocenters. The van der Waals surface area contributed by atoms with E-state index >= 15 is 0 Å². The van der Waals surface area contributed by atoms with Crippen molar-refractivity contribution in [2.45, 2.75) is 57.0 Å². The van der Waals surface area contributed by atoms with Gasteiger partial charge in [-0.1, -0.05) is 19.3 Å². The zero-order chi connectivity index (χ0) is 13.9. The SMILES string of the molecule is CNC1COCC1C(=O)N(CC1CCCCC1)C1CC1. The first-order valence-electron chi connectivity index (χ1n) is 8.35. The summed E-state index contributed by atoms with van der Waals surface area (Å²) in [4.78, 5) is 15.1. The van der Waals surface area contributed by atoms with Gasteiger partial charge in [-0.2, -0.15) is 0 Å². The summed E-state index contributed by atoms with van der Waals surface area (Å²) in [6.07, 6.45) is 9.12. The Morgan fingerprint density at radius 3 is 2.55 bits per heavy atom. The van der Waals surface area contributed by atoms with Crippen molar-refractivity contribution in [2.24, 2.45) is 11.8 Å². The second-order valence-corrected chi connectivity index (χ2v) is 6.76. The summed E-state index contributed by atoms with van der Waals surface area (Å²) in [6, 6.07) is 0.734. The maximum atomic E-state index is 12.9. The van der Waals surface area contributed by atoms with Crippen LogP contribution in [0.25, 0.3) is 0 Å². The highest BCUT2D eigenvalue weighted by Crippen LogP contribution is 2.33. The van der Waals surface area contributed by atoms with Gasteiger partial charge in [0, 0.05) is 18.6 Å². The number of nitrogens with zero attached hydrogens (tertiary/aromatic N) is 1. The molecule has 0 bridgehead atoms.